The minimum absolute atomic E-state index is 0.0733. The first-order valence-corrected chi connectivity index (χ1v) is 6.51. The molecule has 3 rings (SSSR count). The lowest BCUT2D eigenvalue weighted by atomic mass is 10.1. The SMILES string of the molecule is NC1CCCC1NC(=O)c1ccc2nccnc2c1. The van der Waals surface area contributed by atoms with Gasteiger partial charge in [0.15, 0.2) is 0 Å². The maximum Gasteiger partial charge on any atom is 0.251 e. The van der Waals surface area contributed by atoms with Crippen LogP contribution in [0.25, 0.3) is 11.0 Å². The second kappa shape index (κ2) is 4.93. The number of carbonyl (C=O) groups excluding carboxylic acids is 1. The van der Waals surface area contributed by atoms with E-state index in [2.05, 4.69) is 15.3 Å². The van der Waals surface area contributed by atoms with Crippen LogP contribution in [0.15, 0.2) is 30.6 Å². The molecule has 0 aliphatic heterocycles. The number of benzene rings is 1. The van der Waals surface area contributed by atoms with Crippen LogP contribution in [0.5, 0.6) is 0 Å². The second-order valence-corrected chi connectivity index (χ2v) is 4.93. The van der Waals surface area contributed by atoms with E-state index in [0.717, 1.165) is 30.3 Å². The molecule has 1 fully saturated rings. The van der Waals surface area contributed by atoms with Gasteiger partial charge in [-0.05, 0) is 37.5 Å². The Balaban J connectivity index is 1.81. The second-order valence-electron chi connectivity index (χ2n) is 4.93. The summed E-state index contributed by atoms with van der Waals surface area (Å²) in [5, 5.41) is 3.00. The van der Waals surface area contributed by atoms with Crippen LogP contribution >= 0.6 is 0 Å². The number of hydrogen-bond acceptors (Lipinski definition) is 4. The number of carbonyl (C=O) groups is 1. The molecule has 1 aromatic heterocycles. The zero-order valence-electron chi connectivity index (χ0n) is 10.5. The Morgan fingerprint density at radius 2 is 2.00 bits per heavy atom. The van der Waals surface area contributed by atoms with E-state index < -0.39 is 0 Å². The standard InChI is InChI=1S/C14H16N4O/c15-10-2-1-3-11(10)18-14(19)9-4-5-12-13(8-9)17-7-6-16-12/h4-8,10-11H,1-3,15H2,(H,18,19). The van der Waals surface area contributed by atoms with Gasteiger partial charge in [-0.15, -0.1) is 0 Å². The predicted molar refractivity (Wildman–Crippen MR) is 72.6 cm³/mol. The normalized spacial score (nSPS) is 22.6. The fraction of sp³-hybridized carbons (Fsp3) is 0.357. The van der Waals surface area contributed by atoms with Crippen LogP contribution in [0.2, 0.25) is 0 Å². The number of nitrogens with zero attached hydrogens (tertiary/aromatic N) is 2. The third-order valence-corrected chi connectivity index (χ3v) is 3.62. The highest BCUT2D eigenvalue weighted by Gasteiger charge is 2.25. The van der Waals surface area contributed by atoms with E-state index in [1.165, 1.54) is 0 Å². The maximum atomic E-state index is 12.2. The van der Waals surface area contributed by atoms with Gasteiger partial charge in [0.2, 0.25) is 0 Å². The summed E-state index contributed by atoms with van der Waals surface area (Å²) in [6, 6.07) is 5.51. The molecule has 1 aromatic carbocycles. The summed E-state index contributed by atoms with van der Waals surface area (Å²) in [4.78, 5) is 20.6. The Bertz CT molecular complexity index is 613. The molecule has 19 heavy (non-hydrogen) atoms. The van der Waals surface area contributed by atoms with Gasteiger partial charge in [0, 0.05) is 30.0 Å². The number of nitrogens with two attached hydrogens (primary N) is 1. The first-order valence-electron chi connectivity index (χ1n) is 6.51. The molecule has 0 radical (unpaired) electrons. The Labute approximate surface area is 111 Å². The van der Waals surface area contributed by atoms with Crippen molar-refractivity contribution in [3.8, 4) is 0 Å². The molecule has 1 saturated carbocycles. The van der Waals surface area contributed by atoms with Crippen molar-refractivity contribution in [2.24, 2.45) is 5.73 Å². The van der Waals surface area contributed by atoms with Gasteiger partial charge in [-0.25, -0.2) is 0 Å². The van der Waals surface area contributed by atoms with Gasteiger partial charge in [0.25, 0.3) is 5.91 Å². The molecule has 0 spiro atoms. The zero-order chi connectivity index (χ0) is 13.2. The minimum atomic E-state index is -0.0881. The van der Waals surface area contributed by atoms with Crippen molar-refractivity contribution in [1.29, 1.82) is 0 Å². The average Bonchev–Trinajstić information content (AvgIpc) is 2.84. The van der Waals surface area contributed by atoms with Crippen LogP contribution in [0.4, 0.5) is 0 Å². The van der Waals surface area contributed by atoms with Crippen molar-refractivity contribution in [1.82, 2.24) is 15.3 Å². The number of aromatic nitrogens is 2. The topological polar surface area (TPSA) is 80.9 Å². The van der Waals surface area contributed by atoms with Crippen molar-refractivity contribution >= 4 is 16.9 Å². The number of fused-ring (bicyclic) bond motifs is 1. The van der Waals surface area contributed by atoms with Gasteiger partial charge in [0.05, 0.1) is 11.0 Å². The Hall–Kier alpha value is -2.01. The van der Waals surface area contributed by atoms with E-state index in [-0.39, 0.29) is 18.0 Å². The molecule has 1 aliphatic rings. The molecule has 5 heteroatoms. The molecule has 2 unspecified atom stereocenters. The van der Waals surface area contributed by atoms with Crippen molar-refractivity contribution in [3.05, 3.63) is 36.2 Å². The molecule has 5 nitrogen and oxygen atoms in total. The minimum Gasteiger partial charge on any atom is -0.348 e. The van der Waals surface area contributed by atoms with Crippen molar-refractivity contribution in [2.45, 2.75) is 31.3 Å². The highest BCUT2D eigenvalue weighted by Crippen LogP contribution is 2.18. The molecular formula is C14H16N4O. The fourth-order valence-corrected chi connectivity index (χ4v) is 2.52. The smallest absolute Gasteiger partial charge is 0.251 e. The van der Waals surface area contributed by atoms with Gasteiger partial charge in [-0.2, -0.15) is 0 Å². The van der Waals surface area contributed by atoms with E-state index in [4.69, 9.17) is 5.73 Å². The van der Waals surface area contributed by atoms with Gasteiger partial charge in [-0.1, -0.05) is 0 Å². The van der Waals surface area contributed by atoms with Crippen molar-refractivity contribution in [2.75, 3.05) is 0 Å². The Morgan fingerprint density at radius 1 is 1.21 bits per heavy atom. The third kappa shape index (κ3) is 2.42. The first kappa shape index (κ1) is 12.0. The zero-order valence-corrected chi connectivity index (χ0v) is 10.5. The van der Waals surface area contributed by atoms with Gasteiger partial charge in [0.1, 0.15) is 0 Å². The fourth-order valence-electron chi connectivity index (χ4n) is 2.52. The largest absolute Gasteiger partial charge is 0.348 e. The molecule has 0 bridgehead atoms. The number of rotatable bonds is 2. The van der Waals surface area contributed by atoms with Crippen LogP contribution in [-0.4, -0.2) is 28.0 Å². The predicted octanol–water partition coefficient (Wildman–Crippen LogP) is 1.24. The summed E-state index contributed by atoms with van der Waals surface area (Å²) < 4.78 is 0. The Morgan fingerprint density at radius 3 is 2.74 bits per heavy atom. The van der Waals surface area contributed by atoms with E-state index in [0.29, 0.717) is 5.56 Å². The molecule has 1 aliphatic carbocycles. The summed E-state index contributed by atoms with van der Waals surface area (Å²) >= 11 is 0. The molecule has 0 saturated heterocycles. The molecular weight excluding hydrogens is 240 g/mol. The first-order chi connectivity index (χ1) is 9.24. The number of nitrogens with one attached hydrogen (secondary N) is 1. The molecule has 1 amide bonds. The van der Waals surface area contributed by atoms with E-state index in [1.807, 2.05) is 6.07 Å². The number of amides is 1. The van der Waals surface area contributed by atoms with E-state index in [9.17, 15) is 4.79 Å². The van der Waals surface area contributed by atoms with E-state index in [1.54, 1.807) is 24.5 Å². The van der Waals surface area contributed by atoms with Crippen LogP contribution in [0, 0.1) is 0 Å². The lowest BCUT2D eigenvalue weighted by Crippen LogP contribution is -2.43. The van der Waals surface area contributed by atoms with Crippen LogP contribution < -0.4 is 11.1 Å². The summed E-state index contributed by atoms with van der Waals surface area (Å²) in [5.74, 6) is -0.0881. The lowest BCUT2D eigenvalue weighted by Gasteiger charge is -2.17. The molecule has 2 atom stereocenters. The lowest BCUT2D eigenvalue weighted by molar-refractivity contribution is 0.0934. The summed E-state index contributed by atoms with van der Waals surface area (Å²) in [5.41, 5.74) is 8.08. The van der Waals surface area contributed by atoms with Crippen LogP contribution in [0.1, 0.15) is 29.6 Å². The average molecular weight is 256 g/mol. The van der Waals surface area contributed by atoms with Crippen LogP contribution in [0.3, 0.4) is 0 Å². The molecule has 3 N–H and O–H groups in total. The van der Waals surface area contributed by atoms with Gasteiger partial charge >= 0.3 is 0 Å². The van der Waals surface area contributed by atoms with Crippen molar-refractivity contribution < 1.29 is 4.79 Å². The quantitative estimate of drug-likeness (QED) is 0.847. The monoisotopic (exact) mass is 256 g/mol. The van der Waals surface area contributed by atoms with Gasteiger partial charge in [-0.3, -0.25) is 14.8 Å². The molecule has 2 aromatic rings. The summed E-state index contributed by atoms with van der Waals surface area (Å²) in [7, 11) is 0. The third-order valence-electron chi connectivity index (χ3n) is 3.62. The van der Waals surface area contributed by atoms with Crippen LogP contribution in [-0.2, 0) is 0 Å². The molecule has 98 valence electrons. The number of hydrogen-bond donors (Lipinski definition) is 2. The van der Waals surface area contributed by atoms with E-state index >= 15 is 0 Å². The molecule has 1 heterocycles. The maximum absolute atomic E-state index is 12.2. The Kier molecular flexibility index (Phi) is 3.13. The van der Waals surface area contributed by atoms with Crippen molar-refractivity contribution in [3.63, 3.8) is 0 Å². The summed E-state index contributed by atoms with van der Waals surface area (Å²) in [6.45, 7) is 0. The summed E-state index contributed by atoms with van der Waals surface area (Å²) in [6.07, 6.45) is 6.28. The highest BCUT2D eigenvalue weighted by atomic mass is 16.1. The van der Waals surface area contributed by atoms with Gasteiger partial charge < -0.3 is 11.1 Å². The highest BCUT2D eigenvalue weighted by molar-refractivity contribution is 5.97.